The summed E-state index contributed by atoms with van der Waals surface area (Å²) >= 11 is 0. The normalized spacial score (nSPS) is 15.3. The third-order valence-electron chi connectivity index (χ3n) is 5.47. The summed E-state index contributed by atoms with van der Waals surface area (Å²) in [6, 6.07) is 15.0. The highest BCUT2D eigenvalue weighted by Gasteiger charge is 2.43. The molecule has 1 aliphatic rings. The molecule has 2 aromatic rings. The number of rotatable bonds is 6. The van der Waals surface area contributed by atoms with Crippen LogP contribution in [0.4, 0.5) is 5.69 Å². The second-order valence-electron chi connectivity index (χ2n) is 7.03. The van der Waals surface area contributed by atoms with Crippen molar-refractivity contribution in [2.45, 2.75) is 18.3 Å². The summed E-state index contributed by atoms with van der Waals surface area (Å²) in [6.45, 7) is 4.55. The Hall–Kier alpha value is -3.28. The highest BCUT2D eigenvalue weighted by Crippen LogP contribution is 2.37. The summed E-state index contributed by atoms with van der Waals surface area (Å²) < 4.78 is 10.6. The summed E-state index contributed by atoms with van der Waals surface area (Å²) in [5.74, 6) is 0.980. The molecule has 0 aromatic heterocycles. The van der Waals surface area contributed by atoms with Crippen molar-refractivity contribution in [1.29, 1.82) is 0 Å². The van der Waals surface area contributed by atoms with Gasteiger partial charge >= 0.3 is 0 Å². The van der Waals surface area contributed by atoms with Gasteiger partial charge in [0.15, 0.2) is 0 Å². The van der Waals surface area contributed by atoms with Gasteiger partial charge in [-0.15, -0.1) is 0 Å². The van der Waals surface area contributed by atoms with Gasteiger partial charge in [0.25, 0.3) is 0 Å². The van der Waals surface area contributed by atoms with Crippen molar-refractivity contribution in [3.05, 3.63) is 66.7 Å². The van der Waals surface area contributed by atoms with E-state index in [0.717, 1.165) is 5.56 Å². The summed E-state index contributed by atoms with van der Waals surface area (Å²) in [7, 11) is 3.14. The van der Waals surface area contributed by atoms with E-state index >= 15 is 0 Å². The molecule has 29 heavy (non-hydrogen) atoms. The Bertz CT molecular complexity index is 865. The molecular formula is C23H26N2O4. The summed E-state index contributed by atoms with van der Waals surface area (Å²) in [6.07, 6.45) is 2.38. The minimum Gasteiger partial charge on any atom is -0.497 e. The molecule has 0 aliphatic carbocycles. The smallest absolute Gasteiger partial charge is 0.245 e. The van der Waals surface area contributed by atoms with Gasteiger partial charge in [0.05, 0.1) is 19.6 Å². The van der Waals surface area contributed by atoms with Gasteiger partial charge in [-0.25, -0.2) is 0 Å². The Labute approximate surface area is 171 Å². The highest BCUT2D eigenvalue weighted by molar-refractivity contribution is 6.00. The average molecular weight is 394 g/mol. The van der Waals surface area contributed by atoms with E-state index in [-0.39, 0.29) is 11.8 Å². The van der Waals surface area contributed by atoms with Crippen molar-refractivity contribution < 1.29 is 19.1 Å². The molecule has 1 fully saturated rings. The first kappa shape index (κ1) is 20.5. The first-order chi connectivity index (χ1) is 14.0. The average Bonchev–Trinajstić information content (AvgIpc) is 2.78. The third kappa shape index (κ3) is 4.26. The number of methoxy groups -OCH3 is 2. The number of hydrogen-bond acceptors (Lipinski definition) is 4. The zero-order chi connectivity index (χ0) is 20.9. The molecule has 0 saturated carbocycles. The Balaban J connectivity index is 1.91. The second-order valence-corrected chi connectivity index (χ2v) is 7.03. The lowest BCUT2D eigenvalue weighted by atomic mass is 9.72. The maximum Gasteiger partial charge on any atom is 0.245 e. The maximum atomic E-state index is 13.5. The zero-order valence-corrected chi connectivity index (χ0v) is 16.8. The number of carbonyl (C=O) groups is 2. The van der Waals surface area contributed by atoms with Crippen LogP contribution in [0.2, 0.25) is 0 Å². The molecule has 0 unspecified atom stereocenters. The number of nitrogens with one attached hydrogen (secondary N) is 1. The maximum absolute atomic E-state index is 13.5. The summed E-state index contributed by atoms with van der Waals surface area (Å²) in [4.78, 5) is 27.2. The van der Waals surface area contributed by atoms with E-state index < -0.39 is 5.41 Å². The molecular weight excluding hydrogens is 368 g/mol. The van der Waals surface area contributed by atoms with Gasteiger partial charge in [-0.3, -0.25) is 9.59 Å². The van der Waals surface area contributed by atoms with Crippen LogP contribution < -0.4 is 14.8 Å². The largest absolute Gasteiger partial charge is 0.497 e. The number of amides is 2. The fourth-order valence-electron chi connectivity index (χ4n) is 3.77. The molecule has 0 radical (unpaired) electrons. The van der Waals surface area contributed by atoms with E-state index in [1.54, 1.807) is 37.3 Å². The number of likely N-dealkylation sites (tertiary alicyclic amines) is 1. The van der Waals surface area contributed by atoms with E-state index in [0.29, 0.717) is 43.1 Å². The molecule has 1 aliphatic heterocycles. The Morgan fingerprint density at radius 2 is 1.62 bits per heavy atom. The fraction of sp³-hybridized carbons (Fsp3) is 0.304. The molecule has 152 valence electrons. The van der Waals surface area contributed by atoms with Gasteiger partial charge in [0.2, 0.25) is 11.8 Å². The van der Waals surface area contributed by atoms with Crippen LogP contribution in [-0.2, 0) is 15.0 Å². The molecule has 3 rings (SSSR count). The van der Waals surface area contributed by atoms with E-state index in [9.17, 15) is 9.59 Å². The number of hydrogen-bond donors (Lipinski definition) is 1. The topological polar surface area (TPSA) is 67.9 Å². The number of anilines is 1. The van der Waals surface area contributed by atoms with Gasteiger partial charge < -0.3 is 19.7 Å². The van der Waals surface area contributed by atoms with Crippen LogP contribution >= 0.6 is 0 Å². The predicted octanol–water partition coefficient (Wildman–Crippen LogP) is 3.39. The fourth-order valence-corrected chi connectivity index (χ4v) is 3.77. The standard InChI is InChI=1S/C23H26N2O4/c1-4-21(26)25-12-10-23(11-13-25,17-8-6-5-7-9-17)22(27)24-18-14-19(28-2)16-20(15-18)29-3/h4-9,14-16H,1,10-13H2,2-3H3,(H,24,27). The zero-order valence-electron chi connectivity index (χ0n) is 16.8. The van der Waals surface area contributed by atoms with Crippen LogP contribution in [0.15, 0.2) is 61.2 Å². The van der Waals surface area contributed by atoms with Crippen molar-refractivity contribution in [3.8, 4) is 11.5 Å². The summed E-state index contributed by atoms with van der Waals surface area (Å²) in [5.41, 5.74) is 0.819. The lowest BCUT2D eigenvalue weighted by molar-refractivity contribution is -0.131. The molecule has 1 heterocycles. The monoisotopic (exact) mass is 394 g/mol. The number of piperidine rings is 1. The Morgan fingerprint density at radius 3 is 2.14 bits per heavy atom. The molecule has 2 amide bonds. The van der Waals surface area contributed by atoms with Crippen LogP contribution in [0.1, 0.15) is 18.4 Å². The molecule has 2 aromatic carbocycles. The molecule has 0 bridgehead atoms. The van der Waals surface area contributed by atoms with Crippen molar-refractivity contribution in [1.82, 2.24) is 4.90 Å². The SMILES string of the molecule is C=CC(=O)N1CCC(C(=O)Nc2cc(OC)cc(OC)c2)(c2ccccc2)CC1. The third-order valence-corrected chi connectivity index (χ3v) is 5.47. The van der Waals surface area contributed by atoms with E-state index in [1.165, 1.54) is 6.08 Å². The Kier molecular flexibility index (Phi) is 6.22. The minimum atomic E-state index is -0.727. The summed E-state index contributed by atoms with van der Waals surface area (Å²) in [5, 5.41) is 3.04. The molecule has 6 heteroatoms. The molecule has 0 spiro atoms. The number of ether oxygens (including phenoxy) is 2. The molecule has 0 atom stereocenters. The van der Waals surface area contributed by atoms with E-state index in [1.807, 2.05) is 30.3 Å². The number of nitrogens with zero attached hydrogens (tertiary/aromatic N) is 1. The molecule has 6 nitrogen and oxygen atoms in total. The van der Waals surface area contributed by atoms with Gasteiger partial charge in [-0.1, -0.05) is 36.9 Å². The van der Waals surface area contributed by atoms with Crippen molar-refractivity contribution >= 4 is 17.5 Å². The van der Waals surface area contributed by atoms with Gasteiger partial charge in [0, 0.05) is 37.0 Å². The van der Waals surface area contributed by atoms with E-state index in [4.69, 9.17) is 9.47 Å². The van der Waals surface area contributed by atoms with Crippen LogP contribution in [0.3, 0.4) is 0 Å². The first-order valence-electron chi connectivity index (χ1n) is 9.54. The van der Waals surface area contributed by atoms with Crippen LogP contribution in [0.5, 0.6) is 11.5 Å². The van der Waals surface area contributed by atoms with Gasteiger partial charge in [-0.2, -0.15) is 0 Å². The predicted molar refractivity (Wildman–Crippen MR) is 112 cm³/mol. The lowest BCUT2D eigenvalue weighted by Crippen LogP contribution is -2.50. The molecule has 1 saturated heterocycles. The number of carbonyl (C=O) groups excluding carboxylic acids is 2. The van der Waals surface area contributed by atoms with Crippen molar-refractivity contribution in [2.24, 2.45) is 0 Å². The number of benzene rings is 2. The first-order valence-corrected chi connectivity index (χ1v) is 9.54. The minimum absolute atomic E-state index is 0.107. The van der Waals surface area contributed by atoms with Crippen molar-refractivity contribution in [3.63, 3.8) is 0 Å². The van der Waals surface area contributed by atoms with Crippen LogP contribution in [0, 0.1) is 0 Å². The van der Waals surface area contributed by atoms with Crippen molar-refractivity contribution in [2.75, 3.05) is 32.6 Å². The van der Waals surface area contributed by atoms with Gasteiger partial charge in [0.1, 0.15) is 11.5 Å². The quantitative estimate of drug-likeness (QED) is 0.763. The highest BCUT2D eigenvalue weighted by atomic mass is 16.5. The Morgan fingerprint density at radius 1 is 1.03 bits per heavy atom. The van der Waals surface area contributed by atoms with Crippen LogP contribution in [-0.4, -0.2) is 44.0 Å². The van der Waals surface area contributed by atoms with Gasteiger partial charge in [-0.05, 0) is 24.5 Å². The van der Waals surface area contributed by atoms with E-state index in [2.05, 4.69) is 11.9 Å². The molecule has 1 N–H and O–H groups in total. The second kappa shape index (κ2) is 8.82. The lowest BCUT2D eigenvalue weighted by Gasteiger charge is -2.40. The van der Waals surface area contributed by atoms with Crippen LogP contribution in [0.25, 0.3) is 0 Å².